The van der Waals surface area contributed by atoms with Gasteiger partial charge >= 0.3 is 6.18 Å². The quantitative estimate of drug-likeness (QED) is 0.358. The molecule has 1 aliphatic heterocycles. The highest BCUT2D eigenvalue weighted by atomic mass is 19.4. The van der Waals surface area contributed by atoms with E-state index in [1.807, 2.05) is 0 Å². The van der Waals surface area contributed by atoms with Crippen molar-refractivity contribution in [2.24, 2.45) is 0 Å². The van der Waals surface area contributed by atoms with Crippen molar-refractivity contribution in [3.05, 3.63) is 43.1 Å². The summed E-state index contributed by atoms with van der Waals surface area (Å²) in [5, 5.41) is 33.8. The zero-order chi connectivity index (χ0) is 18.3. The standard InChI is InChI=1S/C12H13F3N4O5/c1-19(24)4-2-16(3-5-19)11-9(12(13,14)15)6-8(17(20)21)7-10(11)18(22)23/h6-7H,2-5H2,1H3. The highest BCUT2D eigenvalue weighted by Gasteiger charge is 2.42. The number of nitrogens with zero attached hydrogens (tertiary/aromatic N) is 4. The lowest BCUT2D eigenvalue weighted by molar-refractivity contribution is -0.861. The molecule has 2 rings (SSSR count). The fourth-order valence-electron chi connectivity index (χ4n) is 2.51. The SMILES string of the molecule is C[N+]1([O-])CCN(c2c([N+](=O)[O-])cc([N+](=O)[O-])cc2C(F)(F)F)CC1. The summed E-state index contributed by atoms with van der Waals surface area (Å²) in [5.41, 5.74) is -4.21. The first-order valence-corrected chi connectivity index (χ1v) is 6.77. The second-order valence-corrected chi connectivity index (χ2v) is 5.60. The summed E-state index contributed by atoms with van der Waals surface area (Å²) in [5.74, 6) is 0. The molecule has 0 aliphatic carbocycles. The van der Waals surface area contributed by atoms with Crippen molar-refractivity contribution in [1.82, 2.24) is 0 Å². The van der Waals surface area contributed by atoms with Crippen molar-refractivity contribution >= 4 is 17.1 Å². The minimum Gasteiger partial charge on any atom is -0.633 e. The van der Waals surface area contributed by atoms with Crippen molar-refractivity contribution in [2.75, 3.05) is 38.1 Å². The van der Waals surface area contributed by atoms with Gasteiger partial charge in [0.25, 0.3) is 11.4 Å². The highest BCUT2D eigenvalue weighted by molar-refractivity contribution is 5.72. The maximum Gasteiger partial charge on any atom is 0.418 e. The van der Waals surface area contributed by atoms with Gasteiger partial charge in [-0.1, -0.05) is 0 Å². The minimum absolute atomic E-state index is 0.0502. The van der Waals surface area contributed by atoms with Gasteiger partial charge in [0.15, 0.2) is 0 Å². The summed E-state index contributed by atoms with van der Waals surface area (Å²) < 4.78 is 39.2. The van der Waals surface area contributed by atoms with Crippen LogP contribution in [0.2, 0.25) is 0 Å². The molecule has 9 nitrogen and oxygen atoms in total. The van der Waals surface area contributed by atoms with Crippen molar-refractivity contribution in [1.29, 1.82) is 0 Å². The lowest BCUT2D eigenvalue weighted by Gasteiger charge is -2.45. The Balaban J connectivity index is 2.63. The van der Waals surface area contributed by atoms with Crippen molar-refractivity contribution < 1.29 is 27.7 Å². The van der Waals surface area contributed by atoms with Crippen LogP contribution in [0.3, 0.4) is 0 Å². The van der Waals surface area contributed by atoms with E-state index < -0.39 is 43.3 Å². The third-order valence-electron chi connectivity index (χ3n) is 3.79. The molecule has 24 heavy (non-hydrogen) atoms. The molecule has 0 saturated carbocycles. The van der Waals surface area contributed by atoms with E-state index in [0.717, 1.165) is 4.90 Å². The molecule has 0 amide bonds. The van der Waals surface area contributed by atoms with Gasteiger partial charge in [-0.25, -0.2) is 0 Å². The molecule has 1 heterocycles. The number of hydrogen-bond acceptors (Lipinski definition) is 6. The largest absolute Gasteiger partial charge is 0.633 e. The Hall–Kier alpha value is -2.47. The molecule has 0 aromatic heterocycles. The van der Waals surface area contributed by atoms with E-state index in [-0.39, 0.29) is 32.2 Å². The van der Waals surface area contributed by atoms with Crippen LogP contribution in [0, 0.1) is 25.4 Å². The maximum absolute atomic E-state index is 13.3. The molecule has 0 unspecified atom stereocenters. The predicted octanol–water partition coefficient (Wildman–Crippen LogP) is 2.29. The van der Waals surface area contributed by atoms with E-state index in [4.69, 9.17) is 0 Å². The van der Waals surface area contributed by atoms with Crippen molar-refractivity contribution in [3.8, 4) is 0 Å². The van der Waals surface area contributed by atoms with E-state index in [1.54, 1.807) is 0 Å². The van der Waals surface area contributed by atoms with E-state index in [9.17, 15) is 38.6 Å². The fourth-order valence-corrected chi connectivity index (χ4v) is 2.51. The number of hydrogen-bond donors (Lipinski definition) is 0. The number of nitro groups is 2. The van der Waals surface area contributed by atoms with Gasteiger partial charge in [-0.2, -0.15) is 13.2 Å². The van der Waals surface area contributed by atoms with Gasteiger partial charge in [-0.15, -0.1) is 0 Å². The molecule has 1 fully saturated rings. The van der Waals surface area contributed by atoms with E-state index >= 15 is 0 Å². The molecule has 1 aromatic rings. The average Bonchev–Trinajstić information content (AvgIpc) is 2.45. The lowest BCUT2D eigenvalue weighted by atomic mass is 10.1. The Morgan fingerprint density at radius 1 is 1.12 bits per heavy atom. The number of halogens is 3. The molecule has 0 N–H and O–H groups in total. The summed E-state index contributed by atoms with van der Waals surface area (Å²) >= 11 is 0. The molecule has 1 aliphatic rings. The number of alkyl halides is 3. The van der Waals surface area contributed by atoms with E-state index in [1.165, 1.54) is 7.05 Å². The van der Waals surface area contributed by atoms with Crippen LogP contribution in [0.15, 0.2) is 12.1 Å². The normalized spacial score (nSPS) is 17.6. The molecular weight excluding hydrogens is 337 g/mol. The van der Waals surface area contributed by atoms with Crippen LogP contribution in [-0.4, -0.2) is 47.7 Å². The number of likely N-dealkylation sites (N-methyl/N-ethyl adjacent to an activating group) is 1. The molecule has 1 aromatic carbocycles. The van der Waals surface area contributed by atoms with Crippen LogP contribution in [0.1, 0.15) is 5.56 Å². The Morgan fingerprint density at radius 3 is 2.08 bits per heavy atom. The summed E-state index contributed by atoms with van der Waals surface area (Å²) in [6.45, 7) is -0.347. The Kier molecular flexibility index (Phi) is 4.37. The van der Waals surface area contributed by atoms with E-state index in [2.05, 4.69) is 0 Å². The number of anilines is 1. The second kappa shape index (κ2) is 5.87. The van der Waals surface area contributed by atoms with Crippen LogP contribution < -0.4 is 4.90 Å². The monoisotopic (exact) mass is 350 g/mol. The Morgan fingerprint density at radius 2 is 1.67 bits per heavy atom. The van der Waals surface area contributed by atoms with Gasteiger partial charge in [0.05, 0.1) is 54.7 Å². The number of rotatable bonds is 3. The molecule has 0 spiro atoms. The first kappa shape index (κ1) is 17.9. The van der Waals surface area contributed by atoms with Crippen LogP contribution in [0.5, 0.6) is 0 Å². The lowest BCUT2D eigenvalue weighted by Crippen LogP contribution is -2.54. The zero-order valence-electron chi connectivity index (χ0n) is 12.4. The fraction of sp³-hybridized carbons (Fsp3) is 0.500. The smallest absolute Gasteiger partial charge is 0.418 e. The maximum atomic E-state index is 13.3. The third-order valence-corrected chi connectivity index (χ3v) is 3.79. The van der Waals surface area contributed by atoms with Gasteiger partial charge in [0.2, 0.25) is 0 Å². The van der Waals surface area contributed by atoms with Crippen LogP contribution in [0.4, 0.5) is 30.2 Å². The number of nitro benzene ring substituents is 2. The molecule has 132 valence electrons. The Bertz CT molecular complexity index is 682. The number of hydroxylamine groups is 3. The molecule has 0 radical (unpaired) electrons. The van der Waals surface area contributed by atoms with Crippen molar-refractivity contribution in [3.63, 3.8) is 0 Å². The van der Waals surface area contributed by atoms with Gasteiger partial charge in [0, 0.05) is 6.07 Å². The van der Waals surface area contributed by atoms with Gasteiger partial charge in [-0.05, 0) is 0 Å². The van der Waals surface area contributed by atoms with E-state index in [0.29, 0.717) is 6.07 Å². The predicted molar refractivity (Wildman–Crippen MR) is 76.3 cm³/mol. The molecule has 1 saturated heterocycles. The average molecular weight is 350 g/mol. The summed E-state index contributed by atoms with van der Waals surface area (Å²) in [4.78, 5) is 20.8. The highest BCUT2D eigenvalue weighted by Crippen LogP contribution is 2.44. The minimum atomic E-state index is -5.01. The first-order valence-electron chi connectivity index (χ1n) is 6.77. The summed E-state index contributed by atoms with van der Waals surface area (Å²) in [7, 11) is 1.35. The van der Waals surface area contributed by atoms with Crippen LogP contribution in [-0.2, 0) is 6.18 Å². The number of non-ortho nitro benzene ring substituents is 1. The second-order valence-electron chi connectivity index (χ2n) is 5.60. The summed E-state index contributed by atoms with van der Waals surface area (Å²) in [6, 6.07) is 0.784. The first-order chi connectivity index (χ1) is 10.9. The number of piperazine rings is 1. The van der Waals surface area contributed by atoms with Crippen LogP contribution >= 0.6 is 0 Å². The third kappa shape index (κ3) is 3.54. The van der Waals surface area contributed by atoms with Gasteiger partial charge < -0.3 is 14.8 Å². The van der Waals surface area contributed by atoms with Crippen molar-refractivity contribution in [2.45, 2.75) is 6.18 Å². The molecule has 0 bridgehead atoms. The number of benzene rings is 1. The molecule has 0 atom stereocenters. The van der Waals surface area contributed by atoms with Gasteiger partial charge in [-0.3, -0.25) is 20.2 Å². The Labute approximate surface area is 133 Å². The van der Waals surface area contributed by atoms with Crippen LogP contribution in [0.25, 0.3) is 0 Å². The summed E-state index contributed by atoms with van der Waals surface area (Å²) in [6.07, 6.45) is -5.01. The van der Waals surface area contributed by atoms with Gasteiger partial charge in [0.1, 0.15) is 5.69 Å². The topological polar surface area (TPSA) is 113 Å². The molecule has 12 heteroatoms. The molecular formula is C12H13F3N4O5. The zero-order valence-corrected chi connectivity index (χ0v) is 12.4. The number of quaternary nitrogens is 1.